The maximum absolute atomic E-state index is 12.4. The van der Waals surface area contributed by atoms with Crippen LogP contribution in [0.3, 0.4) is 0 Å². The number of benzene rings is 2. The lowest BCUT2D eigenvalue weighted by atomic mass is 10.1. The molecule has 1 amide bonds. The van der Waals surface area contributed by atoms with Crippen molar-refractivity contribution in [2.24, 2.45) is 0 Å². The highest BCUT2D eigenvalue weighted by Gasteiger charge is 2.20. The summed E-state index contributed by atoms with van der Waals surface area (Å²) in [4.78, 5) is 39.8. The number of amides is 1. The Morgan fingerprint density at radius 1 is 0.938 bits per heavy atom. The Kier molecular flexibility index (Phi) is 7.62. The second-order valence-corrected chi connectivity index (χ2v) is 8.06. The molecule has 0 aliphatic rings. The minimum Gasteiger partial charge on any atom is -0.462 e. The molecule has 2 aromatic carbocycles. The average molecular weight is 453 g/mol. The molecule has 0 aliphatic carbocycles. The predicted octanol–water partition coefficient (Wildman–Crippen LogP) is 4.45. The number of ether oxygens (including phenoxy) is 2. The summed E-state index contributed by atoms with van der Waals surface area (Å²) in [5.74, 6) is -1.68. The van der Waals surface area contributed by atoms with E-state index in [4.69, 9.17) is 9.47 Å². The van der Waals surface area contributed by atoms with Crippen LogP contribution in [0.4, 0.5) is 10.7 Å². The van der Waals surface area contributed by atoms with E-state index in [-0.39, 0.29) is 12.2 Å². The van der Waals surface area contributed by atoms with E-state index in [1.54, 1.807) is 37.3 Å². The van der Waals surface area contributed by atoms with Gasteiger partial charge >= 0.3 is 11.9 Å². The first-order valence-corrected chi connectivity index (χ1v) is 10.8. The second-order valence-electron chi connectivity index (χ2n) is 7.01. The molecule has 0 atom stereocenters. The lowest BCUT2D eigenvalue weighted by Crippen LogP contribution is -2.21. The van der Waals surface area contributed by atoms with Crippen molar-refractivity contribution in [3.63, 3.8) is 0 Å². The smallest absolute Gasteiger partial charge is 0.341 e. The summed E-state index contributed by atoms with van der Waals surface area (Å²) in [6, 6.07) is 18.0. The zero-order chi connectivity index (χ0) is 23.1. The molecule has 0 bridgehead atoms. The fraction of sp³-hybridized carbons (Fsp3) is 0.208. The molecule has 32 heavy (non-hydrogen) atoms. The van der Waals surface area contributed by atoms with Gasteiger partial charge in [-0.25, -0.2) is 9.59 Å². The molecule has 7 nitrogen and oxygen atoms in total. The van der Waals surface area contributed by atoms with E-state index in [2.05, 4.69) is 5.32 Å². The van der Waals surface area contributed by atoms with Crippen LogP contribution in [0.5, 0.6) is 0 Å². The zero-order valence-electron chi connectivity index (χ0n) is 18.1. The topological polar surface area (TPSA) is 84.9 Å². The van der Waals surface area contributed by atoms with Crippen LogP contribution in [-0.4, -0.2) is 45.2 Å². The normalized spacial score (nSPS) is 10.3. The number of esters is 2. The highest BCUT2D eigenvalue weighted by Crippen LogP contribution is 2.35. The van der Waals surface area contributed by atoms with Gasteiger partial charge in [0.2, 0.25) is 0 Å². The summed E-state index contributed by atoms with van der Waals surface area (Å²) in [7, 11) is 3.80. The van der Waals surface area contributed by atoms with E-state index in [0.29, 0.717) is 10.6 Å². The molecule has 0 fully saturated rings. The first-order valence-electron chi connectivity index (χ1n) is 9.99. The Labute approximate surface area is 190 Å². The predicted molar refractivity (Wildman–Crippen MR) is 125 cm³/mol. The highest BCUT2D eigenvalue weighted by atomic mass is 32.1. The third kappa shape index (κ3) is 5.73. The van der Waals surface area contributed by atoms with Crippen molar-refractivity contribution in [1.82, 2.24) is 0 Å². The maximum atomic E-state index is 12.4. The van der Waals surface area contributed by atoms with E-state index in [1.807, 2.05) is 49.3 Å². The summed E-state index contributed by atoms with van der Waals surface area (Å²) in [5, 5.41) is 3.01. The fourth-order valence-electron chi connectivity index (χ4n) is 2.86. The average Bonchev–Trinajstić information content (AvgIpc) is 3.22. The van der Waals surface area contributed by atoms with Gasteiger partial charge in [-0.05, 0) is 42.8 Å². The van der Waals surface area contributed by atoms with Gasteiger partial charge < -0.3 is 19.7 Å². The van der Waals surface area contributed by atoms with Crippen LogP contribution in [-0.2, 0) is 14.3 Å². The van der Waals surface area contributed by atoms with Crippen LogP contribution in [0.1, 0.15) is 27.6 Å². The number of anilines is 2. The molecule has 0 aliphatic heterocycles. The Hall–Kier alpha value is -3.65. The van der Waals surface area contributed by atoms with Gasteiger partial charge in [-0.2, -0.15) is 0 Å². The van der Waals surface area contributed by atoms with Gasteiger partial charge in [-0.1, -0.05) is 30.3 Å². The van der Waals surface area contributed by atoms with E-state index in [0.717, 1.165) is 16.1 Å². The molecule has 1 heterocycles. The van der Waals surface area contributed by atoms with Crippen molar-refractivity contribution >= 4 is 39.9 Å². The molecule has 3 aromatic rings. The monoisotopic (exact) mass is 452 g/mol. The zero-order valence-corrected chi connectivity index (χ0v) is 18.9. The first-order chi connectivity index (χ1) is 15.4. The Balaban J connectivity index is 1.68. The van der Waals surface area contributed by atoms with Crippen molar-refractivity contribution in [2.45, 2.75) is 6.92 Å². The van der Waals surface area contributed by atoms with Crippen LogP contribution in [0, 0.1) is 0 Å². The summed E-state index contributed by atoms with van der Waals surface area (Å²) in [6.45, 7) is 1.45. The van der Waals surface area contributed by atoms with Gasteiger partial charge in [-0.15, -0.1) is 11.3 Å². The summed E-state index contributed by atoms with van der Waals surface area (Å²) in [6.07, 6.45) is 0. The van der Waals surface area contributed by atoms with Crippen molar-refractivity contribution in [2.75, 3.05) is 37.5 Å². The molecule has 0 saturated carbocycles. The third-order valence-electron chi connectivity index (χ3n) is 4.49. The van der Waals surface area contributed by atoms with Crippen LogP contribution in [0.2, 0.25) is 0 Å². The molecule has 0 saturated heterocycles. The van der Waals surface area contributed by atoms with Gasteiger partial charge in [0.1, 0.15) is 5.00 Å². The lowest BCUT2D eigenvalue weighted by molar-refractivity contribution is -0.119. The summed E-state index contributed by atoms with van der Waals surface area (Å²) >= 11 is 1.25. The van der Waals surface area contributed by atoms with E-state index in [1.165, 1.54) is 11.3 Å². The molecule has 1 aromatic heterocycles. The number of hydrogen-bond donors (Lipinski definition) is 1. The third-order valence-corrected chi connectivity index (χ3v) is 5.59. The maximum Gasteiger partial charge on any atom is 0.341 e. The van der Waals surface area contributed by atoms with Crippen LogP contribution in [0.25, 0.3) is 10.4 Å². The second kappa shape index (κ2) is 10.6. The first kappa shape index (κ1) is 23.0. The summed E-state index contributed by atoms with van der Waals surface area (Å²) < 4.78 is 10.2. The van der Waals surface area contributed by atoms with Crippen LogP contribution in [0.15, 0.2) is 60.7 Å². The Morgan fingerprint density at radius 2 is 1.62 bits per heavy atom. The van der Waals surface area contributed by atoms with E-state index >= 15 is 0 Å². The summed E-state index contributed by atoms with van der Waals surface area (Å²) in [5.41, 5.74) is 2.46. The SMILES string of the molecule is CCOC(=O)c1cc(-c2ccccc2)sc1NC(=O)COC(=O)c1ccc(N(C)C)cc1. The largest absolute Gasteiger partial charge is 0.462 e. The van der Waals surface area contributed by atoms with Crippen molar-refractivity contribution < 1.29 is 23.9 Å². The Morgan fingerprint density at radius 3 is 2.25 bits per heavy atom. The molecular formula is C24H24N2O5S. The molecule has 0 unspecified atom stereocenters. The molecule has 8 heteroatoms. The number of nitrogens with zero attached hydrogens (tertiary/aromatic N) is 1. The van der Waals surface area contributed by atoms with Gasteiger partial charge in [0.15, 0.2) is 6.61 Å². The molecule has 1 N–H and O–H groups in total. The number of nitrogens with one attached hydrogen (secondary N) is 1. The van der Waals surface area contributed by atoms with Crippen molar-refractivity contribution in [1.29, 1.82) is 0 Å². The van der Waals surface area contributed by atoms with E-state index in [9.17, 15) is 14.4 Å². The molecule has 0 spiro atoms. The van der Waals surface area contributed by atoms with Gasteiger partial charge in [0.05, 0.1) is 17.7 Å². The number of carbonyl (C=O) groups is 3. The minimum absolute atomic E-state index is 0.215. The number of thiophene rings is 1. The number of hydrogen-bond acceptors (Lipinski definition) is 7. The van der Waals surface area contributed by atoms with E-state index < -0.39 is 24.5 Å². The standard InChI is InChI=1S/C24H24N2O5S/c1-4-30-24(29)19-14-20(16-8-6-5-7-9-16)32-22(19)25-21(27)15-31-23(28)17-10-12-18(13-11-17)26(2)3/h5-14H,4,15H2,1-3H3,(H,25,27). The van der Waals surface area contributed by atoms with Crippen LogP contribution < -0.4 is 10.2 Å². The minimum atomic E-state index is -0.604. The number of carbonyl (C=O) groups excluding carboxylic acids is 3. The fourth-order valence-corrected chi connectivity index (χ4v) is 3.93. The molecule has 166 valence electrons. The lowest BCUT2D eigenvalue weighted by Gasteiger charge is -2.12. The molecular weight excluding hydrogens is 428 g/mol. The van der Waals surface area contributed by atoms with Gasteiger partial charge in [0.25, 0.3) is 5.91 Å². The van der Waals surface area contributed by atoms with Crippen molar-refractivity contribution in [3.05, 3.63) is 71.8 Å². The van der Waals surface area contributed by atoms with Gasteiger partial charge in [0, 0.05) is 24.7 Å². The highest BCUT2D eigenvalue weighted by molar-refractivity contribution is 7.20. The Bertz CT molecular complexity index is 1090. The number of rotatable bonds is 8. The van der Waals surface area contributed by atoms with Gasteiger partial charge in [-0.3, -0.25) is 4.79 Å². The molecule has 3 rings (SSSR count). The molecule has 0 radical (unpaired) electrons. The quantitative estimate of drug-likeness (QED) is 0.508. The van der Waals surface area contributed by atoms with Crippen molar-refractivity contribution in [3.8, 4) is 10.4 Å². The van der Waals surface area contributed by atoms with Crippen LogP contribution >= 0.6 is 11.3 Å².